The van der Waals surface area contributed by atoms with Gasteiger partial charge in [0.1, 0.15) is 6.73 Å². The molecule has 0 aliphatic rings. The maximum atomic E-state index is 11.0. The molecule has 0 aromatic carbocycles. The second kappa shape index (κ2) is 2.71. The average molecular weight is 156 g/mol. The Balaban J connectivity index is 3.55. The largest absolute Gasteiger partial charge is 0.376 e. The molecule has 0 aliphatic carbocycles. The van der Waals surface area contributed by atoms with Gasteiger partial charge in [-0.05, 0) is 6.92 Å². The van der Waals surface area contributed by atoms with Gasteiger partial charge in [0.2, 0.25) is 0 Å². The van der Waals surface area contributed by atoms with Gasteiger partial charge in [0, 0.05) is 11.8 Å². The van der Waals surface area contributed by atoms with E-state index < -0.39 is 18.0 Å². The van der Waals surface area contributed by atoms with E-state index in [-0.39, 0.29) is 0 Å². The summed E-state index contributed by atoms with van der Waals surface area (Å²) >= 11 is 0. The van der Waals surface area contributed by atoms with Gasteiger partial charge in [0.25, 0.3) is 5.56 Å². The van der Waals surface area contributed by atoms with E-state index in [1.54, 1.807) is 6.92 Å². The fourth-order valence-corrected chi connectivity index (χ4v) is 0.743. The predicted octanol–water partition coefficient (Wildman–Crippen LogP) is -1.21. The summed E-state index contributed by atoms with van der Waals surface area (Å²) in [6, 6.07) is 0. The van der Waals surface area contributed by atoms with Gasteiger partial charge in [-0.1, -0.05) is 0 Å². The average Bonchev–Trinajstić information content (AvgIpc) is 1.99. The van der Waals surface area contributed by atoms with Crippen LogP contribution in [0.2, 0.25) is 0 Å². The Kier molecular flexibility index (Phi) is 1.91. The number of hydrogen-bond acceptors (Lipinski definition) is 3. The van der Waals surface area contributed by atoms with E-state index in [4.69, 9.17) is 5.11 Å². The van der Waals surface area contributed by atoms with E-state index in [0.29, 0.717) is 5.56 Å². The van der Waals surface area contributed by atoms with Crippen LogP contribution in [0, 0.1) is 6.92 Å². The molecule has 0 unspecified atom stereocenters. The van der Waals surface area contributed by atoms with Gasteiger partial charge in [0.15, 0.2) is 0 Å². The van der Waals surface area contributed by atoms with Crippen molar-refractivity contribution in [2.45, 2.75) is 13.7 Å². The van der Waals surface area contributed by atoms with Crippen molar-refractivity contribution < 1.29 is 5.11 Å². The molecule has 1 aromatic heterocycles. The fraction of sp³-hybridized carbons (Fsp3) is 0.333. The number of aliphatic hydroxyl groups excluding tert-OH is 1. The summed E-state index contributed by atoms with van der Waals surface area (Å²) in [6.07, 6.45) is 1.32. The summed E-state index contributed by atoms with van der Waals surface area (Å²) in [5, 5.41) is 8.57. The minimum absolute atomic E-state index is 0.402. The lowest BCUT2D eigenvalue weighted by Crippen LogP contribution is -2.35. The maximum absolute atomic E-state index is 11.0. The molecule has 5 nitrogen and oxygen atoms in total. The molecule has 11 heavy (non-hydrogen) atoms. The molecule has 2 N–H and O–H groups in total. The van der Waals surface area contributed by atoms with Gasteiger partial charge in [-0.3, -0.25) is 4.79 Å². The highest BCUT2D eigenvalue weighted by Crippen LogP contribution is 1.77. The highest BCUT2D eigenvalue weighted by molar-refractivity contribution is 5.00. The summed E-state index contributed by atoms with van der Waals surface area (Å²) in [5.74, 6) is 0. The third kappa shape index (κ3) is 1.22. The highest BCUT2D eigenvalue weighted by atomic mass is 16.3. The van der Waals surface area contributed by atoms with Crippen molar-refractivity contribution in [2.75, 3.05) is 0 Å². The minimum atomic E-state index is -0.594. The fourth-order valence-electron chi connectivity index (χ4n) is 0.743. The summed E-state index contributed by atoms with van der Waals surface area (Å²) in [4.78, 5) is 24.1. The number of aromatic amines is 1. The lowest BCUT2D eigenvalue weighted by Gasteiger charge is -1.98. The van der Waals surface area contributed by atoms with Crippen molar-refractivity contribution in [3.8, 4) is 0 Å². The van der Waals surface area contributed by atoms with Crippen molar-refractivity contribution in [1.82, 2.24) is 9.55 Å². The number of aliphatic hydroxyl groups is 1. The molecule has 0 saturated heterocycles. The molecule has 0 saturated carbocycles. The molecule has 0 atom stereocenters. The Morgan fingerprint density at radius 2 is 2.27 bits per heavy atom. The quantitative estimate of drug-likeness (QED) is 0.536. The monoisotopic (exact) mass is 156 g/mol. The molecule has 60 valence electrons. The Morgan fingerprint density at radius 3 is 2.73 bits per heavy atom. The van der Waals surface area contributed by atoms with Crippen molar-refractivity contribution in [1.29, 1.82) is 0 Å². The van der Waals surface area contributed by atoms with Crippen molar-refractivity contribution >= 4 is 0 Å². The Labute approximate surface area is 61.9 Å². The van der Waals surface area contributed by atoms with Crippen LogP contribution in [-0.2, 0) is 6.73 Å². The first-order valence-electron chi connectivity index (χ1n) is 3.07. The number of hydrogen-bond donors (Lipinski definition) is 2. The molecule has 1 aromatic rings. The number of aryl methyl sites for hydroxylation is 1. The maximum Gasteiger partial charge on any atom is 0.330 e. The molecular formula is C6H8N2O3. The topological polar surface area (TPSA) is 75.1 Å². The van der Waals surface area contributed by atoms with Crippen LogP contribution in [0.25, 0.3) is 0 Å². The number of nitrogens with zero attached hydrogens (tertiary/aromatic N) is 1. The van der Waals surface area contributed by atoms with Crippen LogP contribution < -0.4 is 11.2 Å². The van der Waals surface area contributed by atoms with Crippen LogP contribution in [0.1, 0.15) is 5.56 Å². The van der Waals surface area contributed by atoms with E-state index >= 15 is 0 Å². The van der Waals surface area contributed by atoms with Crippen LogP contribution >= 0.6 is 0 Å². The standard InChI is InChI=1S/C6H8N2O3/c1-4-2-7-6(11)8(3-9)5(4)10/h2,9H,3H2,1H3,(H,7,11). The van der Waals surface area contributed by atoms with Crippen molar-refractivity contribution in [3.63, 3.8) is 0 Å². The third-order valence-electron chi connectivity index (χ3n) is 1.38. The number of rotatable bonds is 1. The second-order valence-electron chi connectivity index (χ2n) is 2.15. The summed E-state index contributed by atoms with van der Waals surface area (Å²) in [7, 11) is 0. The van der Waals surface area contributed by atoms with Crippen LogP contribution in [0.5, 0.6) is 0 Å². The molecule has 0 radical (unpaired) electrons. The van der Waals surface area contributed by atoms with Crippen LogP contribution in [0.3, 0.4) is 0 Å². The zero-order valence-corrected chi connectivity index (χ0v) is 6.00. The number of nitrogens with one attached hydrogen (secondary N) is 1. The van der Waals surface area contributed by atoms with Gasteiger partial charge in [-0.25, -0.2) is 9.36 Å². The molecule has 5 heteroatoms. The summed E-state index contributed by atoms with van der Waals surface area (Å²) in [6.45, 7) is 0.972. The molecule has 1 rings (SSSR count). The van der Waals surface area contributed by atoms with E-state index in [9.17, 15) is 9.59 Å². The third-order valence-corrected chi connectivity index (χ3v) is 1.38. The minimum Gasteiger partial charge on any atom is -0.376 e. The van der Waals surface area contributed by atoms with E-state index in [0.717, 1.165) is 4.57 Å². The molecular weight excluding hydrogens is 148 g/mol. The lowest BCUT2D eigenvalue weighted by atomic mass is 10.4. The van der Waals surface area contributed by atoms with Crippen LogP contribution in [-0.4, -0.2) is 14.7 Å². The Bertz CT molecular complexity index is 363. The summed E-state index contributed by atoms with van der Waals surface area (Å²) < 4.78 is 0.718. The number of H-pyrrole nitrogens is 1. The van der Waals surface area contributed by atoms with Crippen LogP contribution in [0.15, 0.2) is 15.8 Å². The first-order chi connectivity index (χ1) is 5.16. The Morgan fingerprint density at radius 1 is 1.64 bits per heavy atom. The van der Waals surface area contributed by atoms with Gasteiger partial charge >= 0.3 is 5.69 Å². The second-order valence-corrected chi connectivity index (χ2v) is 2.15. The normalized spacial score (nSPS) is 10.0. The smallest absolute Gasteiger partial charge is 0.330 e. The summed E-state index contributed by atoms with van der Waals surface area (Å²) in [5.41, 5.74) is -0.655. The first kappa shape index (κ1) is 7.74. The van der Waals surface area contributed by atoms with Gasteiger partial charge in [-0.15, -0.1) is 0 Å². The lowest BCUT2D eigenvalue weighted by molar-refractivity contribution is 0.199. The zero-order valence-electron chi connectivity index (χ0n) is 6.00. The van der Waals surface area contributed by atoms with Gasteiger partial charge < -0.3 is 10.1 Å². The van der Waals surface area contributed by atoms with E-state index in [1.165, 1.54) is 6.20 Å². The van der Waals surface area contributed by atoms with E-state index in [1.807, 2.05) is 0 Å². The molecule has 0 aliphatic heterocycles. The Hall–Kier alpha value is -1.36. The first-order valence-corrected chi connectivity index (χ1v) is 3.07. The number of aromatic nitrogens is 2. The molecule has 0 amide bonds. The van der Waals surface area contributed by atoms with E-state index in [2.05, 4.69) is 4.98 Å². The SMILES string of the molecule is Cc1c[nH]c(=O)n(CO)c1=O. The molecule has 1 heterocycles. The zero-order chi connectivity index (χ0) is 8.43. The van der Waals surface area contributed by atoms with Crippen molar-refractivity contribution in [3.05, 3.63) is 32.6 Å². The highest BCUT2D eigenvalue weighted by Gasteiger charge is 2.00. The molecule has 0 bridgehead atoms. The molecule has 0 spiro atoms. The van der Waals surface area contributed by atoms with Crippen LogP contribution in [0.4, 0.5) is 0 Å². The van der Waals surface area contributed by atoms with Crippen molar-refractivity contribution in [2.24, 2.45) is 0 Å². The molecule has 0 fully saturated rings. The van der Waals surface area contributed by atoms with Gasteiger partial charge in [-0.2, -0.15) is 0 Å². The van der Waals surface area contributed by atoms with Gasteiger partial charge in [0.05, 0.1) is 0 Å². The predicted molar refractivity (Wildman–Crippen MR) is 38.3 cm³/mol.